The van der Waals surface area contributed by atoms with Crippen LogP contribution in [0.5, 0.6) is 5.75 Å². The fraction of sp³-hybridized carbons (Fsp3) is 0.333. The van der Waals surface area contributed by atoms with E-state index in [1.165, 1.54) is 22.3 Å². The summed E-state index contributed by atoms with van der Waals surface area (Å²) in [5.74, 6) is 0.369. The van der Waals surface area contributed by atoms with Crippen LogP contribution in [0.3, 0.4) is 0 Å². The average molecular weight is 307 g/mol. The summed E-state index contributed by atoms with van der Waals surface area (Å²) in [5, 5.41) is 9.86. The number of hydrogen-bond acceptors (Lipinski definition) is 2. The molecular formula is C21H25NO. The molecule has 0 radical (unpaired) electrons. The Morgan fingerprint density at radius 1 is 1.13 bits per heavy atom. The molecule has 0 amide bonds. The molecular weight excluding hydrogens is 282 g/mol. The van der Waals surface area contributed by atoms with Crippen molar-refractivity contribution in [1.29, 1.82) is 0 Å². The van der Waals surface area contributed by atoms with Crippen molar-refractivity contribution in [3.8, 4) is 5.75 Å². The third kappa shape index (κ3) is 3.83. The van der Waals surface area contributed by atoms with Gasteiger partial charge in [0.05, 0.1) is 0 Å². The second-order valence-electron chi connectivity index (χ2n) is 6.61. The van der Waals surface area contributed by atoms with Gasteiger partial charge in [0.2, 0.25) is 0 Å². The summed E-state index contributed by atoms with van der Waals surface area (Å²) < 4.78 is 0. The molecule has 1 atom stereocenters. The Bertz CT molecular complexity index is 686. The number of nitrogens with zero attached hydrogens (tertiary/aromatic N) is 1. The molecule has 0 saturated heterocycles. The minimum absolute atomic E-state index is 0.356. The molecule has 1 aliphatic rings. The fourth-order valence-corrected chi connectivity index (χ4v) is 3.33. The standard InChI is InChI=1S/C21H25NO/c1-16(2)10-12-22-13-11-17-8-9-20(23)14-19(17)15-21(22)18-6-4-3-5-7-18/h3-10,14,21,23H,11-13,15H2,1-2H3. The smallest absolute Gasteiger partial charge is 0.115 e. The quantitative estimate of drug-likeness (QED) is 0.844. The van der Waals surface area contributed by atoms with E-state index in [2.05, 4.69) is 61.2 Å². The molecule has 1 heterocycles. The summed E-state index contributed by atoms with van der Waals surface area (Å²) in [7, 11) is 0. The van der Waals surface area contributed by atoms with Gasteiger partial charge in [0.25, 0.3) is 0 Å². The zero-order chi connectivity index (χ0) is 16.2. The largest absolute Gasteiger partial charge is 0.508 e. The molecule has 1 aliphatic heterocycles. The lowest BCUT2D eigenvalue weighted by Crippen LogP contribution is -2.30. The minimum Gasteiger partial charge on any atom is -0.508 e. The van der Waals surface area contributed by atoms with Crippen LogP contribution in [0.1, 0.15) is 36.6 Å². The maximum absolute atomic E-state index is 9.86. The number of benzene rings is 2. The Morgan fingerprint density at radius 2 is 1.91 bits per heavy atom. The first-order valence-corrected chi connectivity index (χ1v) is 8.36. The maximum Gasteiger partial charge on any atom is 0.115 e. The first kappa shape index (κ1) is 15.8. The summed E-state index contributed by atoms with van der Waals surface area (Å²) in [5.41, 5.74) is 5.35. The number of hydrogen-bond donors (Lipinski definition) is 1. The molecule has 120 valence electrons. The first-order chi connectivity index (χ1) is 11.1. The topological polar surface area (TPSA) is 23.5 Å². The van der Waals surface area contributed by atoms with Crippen LogP contribution in [-0.2, 0) is 12.8 Å². The Hall–Kier alpha value is -2.06. The van der Waals surface area contributed by atoms with Crippen molar-refractivity contribution < 1.29 is 5.11 Å². The van der Waals surface area contributed by atoms with E-state index in [-0.39, 0.29) is 0 Å². The summed E-state index contributed by atoms with van der Waals surface area (Å²) in [6.45, 7) is 6.33. The van der Waals surface area contributed by atoms with Crippen LogP contribution in [0, 0.1) is 0 Å². The summed E-state index contributed by atoms with van der Waals surface area (Å²) in [6.07, 6.45) is 4.29. The second kappa shape index (κ2) is 7.01. The number of rotatable bonds is 3. The molecule has 0 aromatic heterocycles. The molecule has 2 heteroatoms. The molecule has 2 aromatic carbocycles. The van der Waals surface area contributed by atoms with E-state index in [0.717, 1.165) is 25.9 Å². The van der Waals surface area contributed by atoms with E-state index in [4.69, 9.17) is 0 Å². The number of fused-ring (bicyclic) bond motifs is 1. The van der Waals surface area contributed by atoms with Crippen LogP contribution < -0.4 is 0 Å². The van der Waals surface area contributed by atoms with Crippen LogP contribution in [-0.4, -0.2) is 23.1 Å². The molecule has 0 spiro atoms. The SMILES string of the molecule is CC(C)=CCN1CCc2ccc(O)cc2CC1c1ccccc1. The lowest BCUT2D eigenvalue weighted by Gasteiger charge is -2.29. The minimum atomic E-state index is 0.356. The van der Waals surface area contributed by atoms with E-state index >= 15 is 0 Å². The molecule has 0 bridgehead atoms. The highest BCUT2D eigenvalue weighted by Gasteiger charge is 2.24. The van der Waals surface area contributed by atoms with E-state index < -0.39 is 0 Å². The van der Waals surface area contributed by atoms with E-state index in [1.807, 2.05) is 12.1 Å². The van der Waals surface area contributed by atoms with Gasteiger partial charge in [-0.05, 0) is 55.5 Å². The van der Waals surface area contributed by atoms with Crippen molar-refractivity contribution >= 4 is 0 Å². The summed E-state index contributed by atoms with van der Waals surface area (Å²) in [6, 6.07) is 16.9. The zero-order valence-corrected chi connectivity index (χ0v) is 14.0. The van der Waals surface area contributed by atoms with Crippen molar-refractivity contribution in [2.75, 3.05) is 13.1 Å². The molecule has 23 heavy (non-hydrogen) atoms. The molecule has 1 unspecified atom stereocenters. The van der Waals surface area contributed by atoms with Gasteiger partial charge in [-0.1, -0.05) is 48.0 Å². The van der Waals surface area contributed by atoms with Gasteiger partial charge in [-0.2, -0.15) is 0 Å². The average Bonchev–Trinajstić information content (AvgIpc) is 2.72. The van der Waals surface area contributed by atoms with Crippen LogP contribution in [0.4, 0.5) is 0 Å². The maximum atomic E-state index is 9.86. The molecule has 2 aromatic rings. The summed E-state index contributed by atoms with van der Waals surface area (Å²) >= 11 is 0. The number of phenolic OH excluding ortho intramolecular Hbond substituents is 1. The van der Waals surface area contributed by atoms with E-state index in [9.17, 15) is 5.11 Å². The molecule has 3 rings (SSSR count). The Balaban J connectivity index is 1.95. The Labute approximate surface area is 139 Å². The number of aromatic hydroxyl groups is 1. The van der Waals surface area contributed by atoms with Crippen molar-refractivity contribution in [2.45, 2.75) is 32.7 Å². The molecule has 2 nitrogen and oxygen atoms in total. The Morgan fingerprint density at radius 3 is 2.65 bits per heavy atom. The predicted octanol–water partition coefficient (Wildman–Crippen LogP) is 4.50. The molecule has 0 saturated carbocycles. The van der Waals surface area contributed by atoms with Crippen molar-refractivity contribution in [3.05, 3.63) is 76.9 Å². The van der Waals surface area contributed by atoms with Gasteiger partial charge < -0.3 is 5.11 Å². The fourth-order valence-electron chi connectivity index (χ4n) is 3.33. The van der Waals surface area contributed by atoms with Crippen molar-refractivity contribution in [3.63, 3.8) is 0 Å². The predicted molar refractivity (Wildman–Crippen MR) is 95.7 cm³/mol. The second-order valence-corrected chi connectivity index (χ2v) is 6.61. The van der Waals surface area contributed by atoms with Gasteiger partial charge in [0, 0.05) is 19.1 Å². The third-order valence-corrected chi connectivity index (χ3v) is 4.63. The van der Waals surface area contributed by atoms with Crippen LogP contribution in [0.15, 0.2) is 60.2 Å². The normalized spacial score (nSPS) is 18.1. The lowest BCUT2D eigenvalue weighted by molar-refractivity contribution is 0.227. The van der Waals surface area contributed by atoms with Gasteiger partial charge in [-0.3, -0.25) is 4.90 Å². The van der Waals surface area contributed by atoms with E-state index in [0.29, 0.717) is 11.8 Å². The highest BCUT2D eigenvalue weighted by atomic mass is 16.3. The lowest BCUT2D eigenvalue weighted by atomic mass is 9.96. The zero-order valence-electron chi connectivity index (χ0n) is 14.0. The van der Waals surface area contributed by atoms with E-state index in [1.54, 1.807) is 0 Å². The van der Waals surface area contributed by atoms with Gasteiger partial charge in [0.15, 0.2) is 0 Å². The third-order valence-electron chi connectivity index (χ3n) is 4.63. The Kier molecular flexibility index (Phi) is 4.82. The van der Waals surface area contributed by atoms with Gasteiger partial charge in [-0.25, -0.2) is 0 Å². The number of allylic oxidation sites excluding steroid dienone is 1. The van der Waals surface area contributed by atoms with Crippen molar-refractivity contribution in [1.82, 2.24) is 4.90 Å². The summed E-state index contributed by atoms with van der Waals surface area (Å²) in [4.78, 5) is 2.55. The van der Waals surface area contributed by atoms with Gasteiger partial charge in [0.1, 0.15) is 5.75 Å². The molecule has 0 fully saturated rings. The first-order valence-electron chi connectivity index (χ1n) is 8.36. The molecule has 1 N–H and O–H groups in total. The van der Waals surface area contributed by atoms with Crippen LogP contribution in [0.25, 0.3) is 0 Å². The highest BCUT2D eigenvalue weighted by molar-refractivity contribution is 5.38. The number of phenols is 1. The van der Waals surface area contributed by atoms with Gasteiger partial charge >= 0.3 is 0 Å². The highest BCUT2D eigenvalue weighted by Crippen LogP contribution is 2.31. The van der Waals surface area contributed by atoms with Gasteiger partial charge in [-0.15, -0.1) is 0 Å². The van der Waals surface area contributed by atoms with Crippen LogP contribution in [0.2, 0.25) is 0 Å². The van der Waals surface area contributed by atoms with Crippen LogP contribution >= 0.6 is 0 Å². The molecule has 0 aliphatic carbocycles. The monoisotopic (exact) mass is 307 g/mol. The van der Waals surface area contributed by atoms with Crippen molar-refractivity contribution in [2.24, 2.45) is 0 Å².